The van der Waals surface area contributed by atoms with Crippen LogP contribution in [0.2, 0.25) is 5.02 Å². The van der Waals surface area contributed by atoms with Crippen molar-refractivity contribution in [2.24, 2.45) is 7.05 Å². The van der Waals surface area contributed by atoms with E-state index in [-0.39, 0.29) is 24.0 Å². The van der Waals surface area contributed by atoms with Crippen LogP contribution in [0, 0.1) is 0 Å². The molecule has 0 aliphatic carbocycles. The summed E-state index contributed by atoms with van der Waals surface area (Å²) in [6.45, 7) is 0.482. The molecule has 27 heavy (non-hydrogen) atoms. The van der Waals surface area contributed by atoms with Crippen LogP contribution in [0.15, 0.2) is 60.9 Å². The number of aryl methyl sites for hydroxylation is 1. The third-order valence-corrected chi connectivity index (χ3v) is 4.78. The van der Waals surface area contributed by atoms with Crippen LogP contribution in [-0.4, -0.2) is 32.7 Å². The minimum atomic E-state index is -0.284. The Morgan fingerprint density at radius 1 is 1.26 bits per heavy atom. The molecule has 6 heteroatoms. The van der Waals surface area contributed by atoms with Gasteiger partial charge in [-0.05, 0) is 23.8 Å². The Balaban J connectivity index is 1.85. The molecule has 1 N–H and O–H groups in total. The first-order chi connectivity index (χ1) is 12.9. The smallest absolute Gasteiger partial charge is 0.223 e. The van der Waals surface area contributed by atoms with E-state index in [4.69, 9.17) is 11.6 Å². The van der Waals surface area contributed by atoms with Gasteiger partial charge in [0, 0.05) is 55.3 Å². The van der Waals surface area contributed by atoms with Crippen LogP contribution in [0.3, 0.4) is 0 Å². The fourth-order valence-electron chi connectivity index (χ4n) is 3.16. The zero-order valence-corrected chi connectivity index (χ0v) is 16.1. The quantitative estimate of drug-likeness (QED) is 0.700. The number of halogens is 1. The van der Waals surface area contributed by atoms with Gasteiger partial charge in [0.2, 0.25) is 5.91 Å². The van der Waals surface area contributed by atoms with Crippen LogP contribution in [0.1, 0.15) is 29.0 Å². The van der Waals surface area contributed by atoms with Crippen LogP contribution in [0.25, 0.3) is 0 Å². The molecule has 0 saturated heterocycles. The Bertz CT molecular complexity index is 938. The lowest BCUT2D eigenvalue weighted by Gasteiger charge is -2.23. The second-order valence-corrected chi connectivity index (χ2v) is 7.08. The predicted octanol–water partition coefficient (Wildman–Crippen LogP) is 3.96. The minimum Gasteiger partial charge on any atom is -0.508 e. The van der Waals surface area contributed by atoms with Gasteiger partial charge in [0.15, 0.2) is 0 Å². The topological polar surface area (TPSA) is 58.4 Å². The van der Waals surface area contributed by atoms with Crippen molar-refractivity contribution in [1.29, 1.82) is 0 Å². The summed E-state index contributed by atoms with van der Waals surface area (Å²) in [5.74, 6) is -0.133. The number of nitrogens with zero attached hydrogens (tertiary/aromatic N) is 3. The summed E-state index contributed by atoms with van der Waals surface area (Å²) in [6.07, 6.45) is 3.87. The molecule has 3 aromatic rings. The number of hydrogen-bond donors (Lipinski definition) is 1. The lowest BCUT2D eigenvalue weighted by molar-refractivity contribution is -0.130. The van der Waals surface area contributed by atoms with E-state index in [2.05, 4.69) is 5.10 Å². The van der Waals surface area contributed by atoms with Crippen molar-refractivity contribution in [3.63, 3.8) is 0 Å². The van der Waals surface area contributed by atoms with Crippen molar-refractivity contribution in [3.05, 3.63) is 82.6 Å². The van der Waals surface area contributed by atoms with E-state index in [0.29, 0.717) is 17.1 Å². The third kappa shape index (κ3) is 4.68. The van der Waals surface area contributed by atoms with Gasteiger partial charge in [0.1, 0.15) is 5.75 Å². The van der Waals surface area contributed by atoms with Crippen molar-refractivity contribution < 1.29 is 9.90 Å². The second kappa shape index (κ2) is 8.27. The summed E-state index contributed by atoms with van der Waals surface area (Å²) in [6, 6.07) is 14.5. The van der Waals surface area contributed by atoms with Crippen molar-refractivity contribution >= 4 is 17.5 Å². The summed E-state index contributed by atoms with van der Waals surface area (Å²) in [5, 5.41) is 15.1. The Morgan fingerprint density at radius 3 is 2.70 bits per heavy atom. The number of benzene rings is 2. The van der Waals surface area contributed by atoms with Crippen molar-refractivity contribution in [2.45, 2.75) is 18.9 Å². The molecule has 140 valence electrons. The maximum atomic E-state index is 12.9. The van der Waals surface area contributed by atoms with Gasteiger partial charge in [-0.15, -0.1) is 0 Å². The number of hydrogen-bond acceptors (Lipinski definition) is 3. The highest BCUT2D eigenvalue weighted by Gasteiger charge is 2.23. The molecule has 3 rings (SSSR count). The Kier molecular flexibility index (Phi) is 5.81. The van der Waals surface area contributed by atoms with Crippen LogP contribution in [0.5, 0.6) is 5.75 Å². The largest absolute Gasteiger partial charge is 0.508 e. The fraction of sp³-hybridized carbons (Fsp3) is 0.238. The normalized spacial score (nSPS) is 12.0. The van der Waals surface area contributed by atoms with Gasteiger partial charge in [-0.3, -0.25) is 9.48 Å². The Morgan fingerprint density at radius 2 is 2.04 bits per heavy atom. The zero-order chi connectivity index (χ0) is 19.4. The fourth-order valence-corrected chi connectivity index (χ4v) is 3.36. The zero-order valence-electron chi connectivity index (χ0n) is 15.3. The first kappa shape index (κ1) is 19.0. The van der Waals surface area contributed by atoms with Gasteiger partial charge in [0.25, 0.3) is 0 Å². The summed E-state index contributed by atoms with van der Waals surface area (Å²) in [4.78, 5) is 14.6. The van der Waals surface area contributed by atoms with E-state index < -0.39 is 0 Å². The van der Waals surface area contributed by atoms with E-state index in [1.54, 1.807) is 41.0 Å². The van der Waals surface area contributed by atoms with E-state index in [9.17, 15) is 9.90 Å². The molecular formula is C21H22ClN3O2. The number of phenolic OH excluding ortho intramolecular Hbond substituents is 1. The van der Waals surface area contributed by atoms with Gasteiger partial charge >= 0.3 is 0 Å². The van der Waals surface area contributed by atoms with Gasteiger partial charge in [0.05, 0.1) is 6.20 Å². The molecule has 0 saturated carbocycles. The van der Waals surface area contributed by atoms with Crippen molar-refractivity contribution in [2.75, 3.05) is 7.05 Å². The molecule has 1 aromatic heterocycles. The molecule has 0 aliphatic rings. The molecule has 1 atom stereocenters. The molecule has 0 aliphatic heterocycles. The van der Waals surface area contributed by atoms with Crippen LogP contribution >= 0.6 is 11.6 Å². The highest BCUT2D eigenvalue weighted by atomic mass is 35.5. The third-order valence-electron chi connectivity index (χ3n) is 4.55. The summed E-state index contributed by atoms with van der Waals surface area (Å²) >= 11 is 6.16. The maximum Gasteiger partial charge on any atom is 0.223 e. The van der Waals surface area contributed by atoms with Gasteiger partial charge in [-0.25, -0.2) is 0 Å². The first-order valence-corrected chi connectivity index (χ1v) is 9.06. The summed E-state index contributed by atoms with van der Waals surface area (Å²) in [7, 11) is 3.62. The molecule has 5 nitrogen and oxygen atoms in total. The number of carbonyl (C=O) groups is 1. The maximum absolute atomic E-state index is 12.9. The van der Waals surface area contributed by atoms with Gasteiger partial charge in [-0.2, -0.15) is 5.10 Å². The Labute approximate surface area is 163 Å². The molecule has 1 amide bonds. The molecule has 2 aromatic carbocycles. The summed E-state index contributed by atoms with van der Waals surface area (Å²) in [5.41, 5.74) is 2.57. The monoisotopic (exact) mass is 383 g/mol. The standard InChI is InChI=1S/C21H22ClN3O2/c1-24(13-15-12-23-25(2)14-15)21(27)11-19(16-6-5-7-17(22)10-16)18-8-3-4-9-20(18)26/h3-10,12,14,19,26H,11,13H2,1-2H3/t19-/m0/s1. The average Bonchev–Trinajstić information content (AvgIpc) is 3.05. The molecule has 1 heterocycles. The van der Waals surface area contributed by atoms with E-state index in [1.165, 1.54) is 0 Å². The van der Waals surface area contributed by atoms with Gasteiger partial charge < -0.3 is 10.0 Å². The van der Waals surface area contributed by atoms with E-state index in [0.717, 1.165) is 11.1 Å². The lowest BCUT2D eigenvalue weighted by atomic mass is 9.87. The minimum absolute atomic E-state index is 0.0212. The average molecular weight is 384 g/mol. The van der Waals surface area contributed by atoms with Crippen molar-refractivity contribution in [1.82, 2.24) is 14.7 Å². The number of carbonyl (C=O) groups excluding carboxylic acids is 1. The lowest BCUT2D eigenvalue weighted by Crippen LogP contribution is -2.27. The molecule has 0 radical (unpaired) electrons. The number of rotatable bonds is 6. The molecule has 0 unspecified atom stereocenters. The highest BCUT2D eigenvalue weighted by molar-refractivity contribution is 6.30. The molecule has 0 spiro atoms. The number of aromatic hydroxyl groups is 1. The van der Waals surface area contributed by atoms with Crippen LogP contribution in [0.4, 0.5) is 0 Å². The Hall–Kier alpha value is -2.79. The molecule has 0 fully saturated rings. The van der Waals surface area contributed by atoms with Crippen LogP contribution < -0.4 is 0 Å². The number of aromatic nitrogens is 2. The highest BCUT2D eigenvalue weighted by Crippen LogP contribution is 2.35. The summed E-state index contributed by atoms with van der Waals surface area (Å²) < 4.78 is 1.71. The predicted molar refractivity (Wildman–Crippen MR) is 106 cm³/mol. The first-order valence-electron chi connectivity index (χ1n) is 8.69. The molecular weight excluding hydrogens is 362 g/mol. The molecule has 0 bridgehead atoms. The van der Waals surface area contributed by atoms with E-state index in [1.807, 2.05) is 43.6 Å². The second-order valence-electron chi connectivity index (χ2n) is 6.64. The number of para-hydroxylation sites is 1. The number of phenols is 1. The van der Waals surface area contributed by atoms with Crippen LogP contribution in [-0.2, 0) is 18.4 Å². The SMILES string of the molecule is CN(Cc1cnn(C)c1)C(=O)C[C@@H](c1cccc(Cl)c1)c1ccccc1O. The van der Waals surface area contributed by atoms with E-state index >= 15 is 0 Å². The van der Waals surface area contributed by atoms with Gasteiger partial charge in [-0.1, -0.05) is 41.9 Å². The number of amides is 1. The van der Waals surface area contributed by atoms with Crippen molar-refractivity contribution in [3.8, 4) is 5.75 Å².